The average Bonchev–Trinajstić information content (AvgIpc) is 2.68. The number of anilines is 1. The molecule has 0 unspecified atom stereocenters. The van der Waals surface area contributed by atoms with Crippen LogP contribution in [-0.2, 0) is 20.0 Å². The van der Waals surface area contributed by atoms with Crippen molar-refractivity contribution in [3.05, 3.63) is 54.1 Å². The van der Waals surface area contributed by atoms with Crippen molar-refractivity contribution in [2.75, 3.05) is 4.72 Å². The molecule has 4 aliphatic carbocycles. The van der Waals surface area contributed by atoms with Crippen LogP contribution in [0.3, 0.4) is 0 Å². The minimum atomic E-state index is -4.38. The summed E-state index contributed by atoms with van der Waals surface area (Å²) in [5, 5.41) is 0. The van der Waals surface area contributed by atoms with Crippen LogP contribution in [0.5, 0.6) is 0 Å². The number of rotatable bonds is 6. The van der Waals surface area contributed by atoms with Gasteiger partial charge < -0.3 is 0 Å². The van der Waals surface area contributed by atoms with Crippen LogP contribution in [0.4, 0.5) is 14.5 Å². The number of benzene rings is 2. The van der Waals surface area contributed by atoms with Crippen molar-refractivity contribution in [2.24, 2.45) is 17.8 Å². The first-order valence-corrected chi connectivity index (χ1v) is 13.6. The van der Waals surface area contributed by atoms with Gasteiger partial charge in [-0.05, 0) is 98.7 Å². The largest absolute Gasteiger partial charge is 0.280 e. The molecule has 0 radical (unpaired) electrons. The molecule has 0 atom stereocenters. The molecule has 2 aromatic rings. The van der Waals surface area contributed by atoms with Crippen molar-refractivity contribution >= 4 is 25.7 Å². The maximum atomic E-state index is 13.9. The molecule has 0 amide bonds. The quantitative estimate of drug-likeness (QED) is 0.651. The van der Waals surface area contributed by atoms with Gasteiger partial charge in [0.1, 0.15) is 16.5 Å². The summed E-state index contributed by atoms with van der Waals surface area (Å²) in [7, 11) is -8.17. The summed E-state index contributed by atoms with van der Waals surface area (Å²) in [5.41, 5.74) is -0.342. The standard InChI is InChI=1S/C22H24F2N2O4S2/c23-17-1-6-20(24)21(10-17)32(29,30)25-18-2-4-19(5-3-18)31(27,28)26-22-11-14-7-15(12-22)9-16(8-14)13-22/h1-6,10,14-16,25-26H,7-9,11-13H2. The van der Waals surface area contributed by atoms with Gasteiger partial charge in [-0.15, -0.1) is 0 Å². The Balaban J connectivity index is 1.34. The van der Waals surface area contributed by atoms with E-state index in [2.05, 4.69) is 9.44 Å². The van der Waals surface area contributed by atoms with Crippen LogP contribution in [-0.4, -0.2) is 22.4 Å². The van der Waals surface area contributed by atoms with E-state index in [9.17, 15) is 25.6 Å². The SMILES string of the molecule is O=S(=O)(NC12CC3CC(CC(C3)C1)C2)c1ccc(NS(=O)(=O)c2cc(F)ccc2F)cc1. The van der Waals surface area contributed by atoms with E-state index in [-0.39, 0.29) is 16.1 Å². The predicted octanol–water partition coefficient (Wildman–Crippen LogP) is 4.01. The van der Waals surface area contributed by atoms with Gasteiger partial charge in [0.2, 0.25) is 10.0 Å². The lowest BCUT2D eigenvalue weighted by molar-refractivity contribution is -0.00810. The molecule has 32 heavy (non-hydrogen) atoms. The molecule has 10 heteroatoms. The van der Waals surface area contributed by atoms with Crippen molar-refractivity contribution in [3.8, 4) is 0 Å². The van der Waals surface area contributed by atoms with Crippen molar-refractivity contribution in [1.82, 2.24) is 4.72 Å². The lowest BCUT2D eigenvalue weighted by atomic mass is 9.53. The molecule has 6 nitrogen and oxygen atoms in total. The van der Waals surface area contributed by atoms with E-state index in [1.165, 1.54) is 43.5 Å². The number of halogens is 2. The molecule has 4 saturated carbocycles. The Kier molecular flexibility index (Phi) is 5.10. The molecule has 0 spiro atoms. The van der Waals surface area contributed by atoms with E-state index in [1.54, 1.807) is 0 Å². The van der Waals surface area contributed by atoms with Crippen LogP contribution in [0.15, 0.2) is 52.3 Å². The Labute approximate surface area is 186 Å². The molecule has 6 rings (SSSR count). The lowest BCUT2D eigenvalue weighted by Crippen LogP contribution is -2.59. The Morgan fingerprint density at radius 1 is 0.781 bits per heavy atom. The first-order chi connectivity index (χ1) is 15.0. The second-order valence-electron chi connectivity index (χ2n) is 9.51. The zero-order valence-electron chi connectivity index (χ0n) is 17.2. The summed E-state index contributed by atoms with van der Waals surface area (Å²) in [6, 6.07) is 7.35. The van der Waals surface area contributed by atoms with Gasteiger partial charge in [0.15, 0.2) is 0 Å². The van der Waals surface area contributed by atoms with Crippen molar-refractivity contribution in [2.45, 2.75) is 53.9 Å². The summed E-state index contributed by atoms with van der Waals surface area (Å²) in [5.74, 6) is -0.210. The van der Waals surface area contributed by atoms with Crippen LogP contribution in [0.1, 0.15) is 38.5 Å². The Bertz CT molecular complexity index is 1230. The number of sulfonamides is 2. The van der Waals surface area contributed by atoms with Gasteiger partial charge in [-0.1, -0.05) is 0 Å². The van der Waals surface area contributed by atoms with Crippen LogP contribution >= 0.6 is 0 Å². The molecule has 2 aromatic carbocycles. The van der Waals surface area contributed by atoms with E-state index in [0.29, 0.717) is 23.8 Å². The number of nitrogens with one attached hydrogen (secondary N) is 2. The minimum absolute atomic E-state index is 0.0353. The van der Waals surface area contributed by atoms with Gasteiger partial charge in [0.25, 0.3) is 10.0 Å². The highest BCUT2D eigenvalue weighted by Gasteiger charge is 2.52. The third-order valence-electron chi connectivity index (χ3n) is 6.99. The molecule has 4 bridgehead atoms. The molecule has 0 heterocycles. The lowest BCUT2D eigenvalue weighted by Gasteiger charge is -2.56. The minimum Gasteiger partial charge on any atom is -0.280 e. The van der Waals surface area contributed by atoms with E-state index in [4.69, 9.17) is 0 Å². The highest BCUT2D eigenvalue weighted by Crippen LogP contribution is 2.56. The van der Waals surface area contributed by atoms with E-state index < -0.39 is 36.6 Å². The molecule has 0 aliphatic heterocycles. The van der Waals surface area contributed by atoms with Gasteiger partial charge in [0, 0.05) is 11.2 Å². The monoisotopic (exact) mass is 482 g/mol. The highest BCUT2D eigenvalue weighted by molar-refractivity contribution is 7.92. The van der Waals surface area contributed by atoms with Crippen molar-refractivity contribution in [1.29, 1.82) is 0 Å². The summed E-state index contributed by atoms with van der Waals surface area (Å²) in [6.07, 6.45) is 6.20. The second-order valence-corrected chi connectivity index (χ2v) is 12.8. The Morgan fingerprint density at radius 3 is 1.91 bits per heavy atom. The molecular weight excluding hydrogens is 458 g/mol. The summed E-state index contributed by atoms with van der Waals surface area (Å²) in [6.45, 7) is 0. The summed E-state index contributed by atoms with van der Waals surface area (Å²) >= 11 is 0. The Morgan fingerprint density at radius 2 is 1.34 bits per heavy atom. The topological polar surface area (TPSA) is 92.3 Å². The number of hydrogen-bond donors (Lipinski definition) is 2. The molecule has 4 fully saturated rings. The first-order valence-electron chi connectivity index (χ1n) is 10.7. The third kappa shape index (κ3) is 4.04. The van der Waals surface area contributed by atoms with E-state index in [1.807, 2.05) is 0 Å². The fourth-order valence-corrected chi connectivity index (χ4v) is 8.76. The van der Waals surface area contributed by atoms with Crippen molar-refractivity contribution < 1.29 is 25.6 Å². The molecule has 0 saturated heterocycles. The zero-order chi connectivity index (χ0) is 22.7. The Hall–Kier alpha value is -2.04. The van der Waals surface area contributed by atoms with Gasteiger partial charge in [-0.3, -0.25) is 4.72 Å². The van der Waals surface area contributed by atoms with Gasteiger partial charge in [0.05, 0.1) is 4.90 Å². The highest BCUT2D eigenvalue weighted by atomic mass is 32.2. The van der Waals surface area contributed by atoms with Crippen LogP contribution in [0, 0.1) is 29.4 Å². The predicted molar refractivity (Wildman–Crippen MR) is 115 cm³/mol. The average molecular weight is 483 g/mol. The normalized spacial score (nSPS) is 29.2. The number of hydrogen-bond acceptors (Lipinski definition) is 4. The van der Waals surface area contributed by atoms with Crippen molar-refractivity contribution in [3.63, 3.8) is 0 Å². The summed E-state index contributed by atoms with van der Waals surface area (Å²) < 4.78 is 83.4. The summed E-state index contributed by atoms with van der Waals surface area (Å²) in [4.78, 5) is -0.786. The molecular formula is C22H24F2N2O4S2. The maximum absolute atomic E-state index is 13.9. The van der Waals surface area contributed by atoms with E-state index in [0.717, 1.165) is 31.4 Å². The fourth-order valence-electron chi connectivity index (χ4n) is 6.17. The first kappa shape index (κ1) is 21.8. The molecule has 0 aromatic heterocycles. The molecule has 4 aliphatic rings. The van der Waals surface area contributed by atoms with E-state index >= 15 is 0 Å². The maximum Gasteiger partial charge on any atom is 0.264 e. The van der Waals surface area contributed by atoms with Gasteiger partial charge >= 0.3 is 0 Å². The molecule has 172 valence electrons. The third-order valence-corrected chi connectivity index (χ3v) is 9.98. The smallest absolute Gasteiger partial charge is 0.264 e. The van der Waals surface area contributed by atoms with Gasteiger partial charge in [-0.2, -0.15) is 0 Å². The van der Waals surface area contributed by atoms with Gasteiger partial charge in [-0.25, -0.2) is 30.3 Å². The fraction of sp³-hybridized carbons (Fsp3) is 0.455. The van der Waals surface area contributed by atoms with Crippen LogP contribution < -0.4 is 9.44 Å². The zero-order valence-corrected chi connectivity index (χ0v) is 18.9. The molecule has 2 N–H and O–H groups in total. The second kappa shape index (κ2) is 7.50. The van der Waals surface area contributed by atoms with Crippen LogP contribution in [0.25, 0.3) is 0 Å². The van der Waals surface area contributed by atoms with Crippen LogP contribution in [0.2, 0.25) is 0 Å².